The van der Waals surface area contributed by atoms with Crippen molar-refractivity contribution in [3.63, 3.8) is 0 Å². The Bertz CT molecular complexity index is 89.8. The molecule has 0 aromatic carbocycles. The molecule has 1 aliphatic carbocycles. The van der Waals surface area contributed by atoms with Gasteiger partial charge in [0, 0.05) is 6.04 Å². The molecule has 0 bridgehead atoms. The average Bonchev–Trinajstić information content (AvgIpc) is 1.84. The van der Waals surface area contributed by atoms with E-state index in [0.29, 0.717) is 11.8 Å². The van der Waals surface area contributed by atoms with E-state index in [1.165, 1.54) is 0 Å². The number of aliphatic hydroxyl groups excluding tert-OH is 1. The van der Waals surface area contributed by atoms with Crippen LogP contribution in [-0.4, -0.2) is 17.3 Å². The molecule has 2 heteroatoms. The van der Waals surface area contributed by atoms with Crippen molar-refractivity contribution in [2.75, 3.05) is 0 Å². The van der Waals surface area contributed by atoms with Gasteiger partial charge in [-0.15, -0.1) is 0 Å². The van der Waals surface area contributed by atoms with Crippen molar-refractivity contribution in [3.8, 4) is 0 Å². The normalized spacial score (nSPS) is 49.2. The summed E-state index contributed by atoms with van der Waals surface area (Å²) in [6, 6.07) is 0.214. The average molecular weight is 143 g/mol. The van der Waals surface area contributed by atoms with Crippen LogP contribution in [0.4, 0.5) is 0 Å². The van der Waals surface area contributed by atoms with E-state index in [0.717, 1.165) is 12.8 Å². The first-order valence-electron chi connectivity index (χ1n) is 4.05. The van der Waals surface area contributed by atoms with Crippen LogP contribution in [0.15, 0.2) is 0 Å². The summed E-state index contributed by atoms with van der Waals surface area (Å²) in [4.78, 5) is 0. The van der Waals surface area contributed by atoms with Crippen LogP contribution in [-0.2, 0) is 0 Å². The molecule has 4 atom stereocenters. The standard InChI is InChI=1S/C8H17NO/c1-5-3-6(2)8(10)4-7(5)9/h5-8,10H,3-4,9H2,1-2H3. The lowest BCUT2D eigenvalue weighted by Crippen LogP contribution is -2.41. The molecule has 1 saturated carbocycles. The first-order chi connectivity index (χ1) is 4.61. The van der Waals surface area contributed by atoms with Gasteiger partial charge in [-0.05, 0) is 24.7 Å². The molecule has 1 rings (SSSR count). The number of aliphatic hydroxyl groups is 1. The Morgan fingerprint density at radius 1 is 1.20 bits per heavy atom. The van der Waals surface area contributed by atoms with Crippen molar-refractivity contribution in [2.45, 2.75) is 38.8 Å². The molecule has 60 valence electrons. The molecule has 4 unspecified atom stereocenters. The molecule has 1 aliphatic rings. The summed E-state index contributed by atoms with van der Waals surface area (Å²) < 4.78 is 0. The lowest BCUT2D eigenvalue weighted by Gasteiger charge is -2.33. The highest BCUT2D eigenvalue weighted by atomic mass is 16.3. The summed E-state index contributed by atoms with van der Waals surface area (Å²) in [6.45, 7) is 4.25. The van der Waals surface area contributed by atoms with Gasteiger partial charge in [0.2, 0.25) is 0 Å². The Balaban J connectivity index is 2.46. The lowest BCUT2D eigenvalue weighted by molar-refractivity contribution is 0.0501. The molecular formula is C8H17NO. The fraction of sp³-hybridized carbons (Fsp3) is 1.00. The monoisotopic (exact) mass is 143 g/mol. The maximum Gasteiger partial charge on any atom is 0.0580 e. The van der Waals surface area contributed by atoms with Crippen LogP contribution < -0.4 is 5.73 Å². The summed E-state index contributed by atoms with van der Waals surface area (Å²) in [5, 5.41) is 9.39. The van der Waals surface area contributed by atoms with Crippen molar-refractivity contribution in [2.24, 2.45) is 17.6 Å². The van der Waals surface area contributed by atoms with Crippen molar-refractivity contribution in [1.82, 2.24) is 0 Å². The highest BCUT2D eigenvalue weighted by molar-refractivity contribution is 4.83. The number of nitrogens with two attached hydrogens (primary N) is 1. The molecule has 0 aromatic heterocycles. The van der Waals surface area contributed by atoms with Gasteiger partial charge in [-0.2, -0.15) is 0 Å². The first-order valence-corrected chi connectivity index (χ1v) is 4.05. The first kappa shape index (κ1) is 8.02. The molecule has 0 spiro atoms. The number of hydrogen-bond acceptors (Lipinski definition) is 2. The summed E-state index contributed by atoms with van der Waals surface area (Å²) in [6.07, 6.45) is 1.69. The van der Waals surface area contributed by atoms with E-state index in [9.17, 15) is 5.11 Å². The largest absolute Gasteiger partial charge is 0.393 e. The summed E-state index contributed by atoms with van der Waals surface area (Å²) in [7, 11) is 0. The van der Waals surface area contributed by atoms with Crippen molar-refractivity contribution in [1.29, 1.82) is 0 Å². The molecule has 1 fully saturated rings. The highest BCUT2D eigenvalue weighted by Gasteiger charge is 2.28. The maximum absolute atomic E-state index is 9.39. The molecule has 3 N–H and O–H groups in total. The number of hydrogen-bond donors (Lipinski definition) is 2. The van der Waals surface area contributed by atoms with E-state index in [4.69, 9.17) is 5.73 Å². The maximum atomic E-state index is 9.39. The molecular weight excluding hydrogens is 126 g/mol. The fourth-order valence-electron chi connectivity index (χ4n) is 1.66. The van der Waals surface area contributed by atoms with Gasteiger partial charge in [0.05, 0.1) is 6.10 Å². The molecule has 0 heterocycles. The third kappa shape index (κ3) is 1.50. The van der Waals surface area contributed by atoms with Crippen LogP contribution in [0.2, 0.25) is 0 Å². The van der Waals surface area contributed by atoms with E-state index < -0.39 is 0 Å². The Morgan fingerprint density at radius 3 is 2.30 bits per heavy atom. The Hall–Kier alpha value is -0.0800. The van der Waals surface area contributed by atoms with Crippen LogP contribution in [0.1, 0.15) is 26.7 Å². The van der Waals surface area contributed by atoms with E-state index >= 15 is 0 Å². The summed E-state index contributed by atoms with van der Waals surface area (Å²) in [5.41, 5.74) is 5.77. The molecule has 0 aromatic rings. The molecule has 0 amide bonds. The van der Waals surface area contributed by atoms with Crippen molar-refractivity contribution < 1.29 is 5.11 Å². The summed E-state index contributed by atoms with van der Waals surface area (Å²) in [5.74, 6) is 1.02. The van der Waals surface area contributed by atoms with Gasteiger partial charge in [0.15, 0.2) is 0 Å². The molecule has 0 saturated heterocycles. The second-order valence-electron chi connectivity index (χ2n) is 3.66. The van der Waals surface area contributed by atoms with Gasteiger partial charge in [-0.3, -0.25) is 0 Å². The summed E-state index contributed by atoms with van der Waals surface area (Å²) >= 11 is 0. The molecule has 0 aliphatic heterocycles. The zero-order valence-corrected chi connectivity index (χ0v) is 6.75. The van der Waals surface area contributed by atoms with E-state index in [-0.39, 0.29) is 12.1 Å². The number of rotatable bonds is 0. The smallest absolute Gasteiger partial charge is 0.0580 e. The molecule has 2 nitrogen and oxygen atoms in total. The predicted octanol–water partition coefficient (Wildman–Crippen LogP) is 0.741. The molecule has 10 heavy (non-hydrogen) atoms. The predicted molar refractivity (Wildman–Crippen MR) is 41.5 cm³/mol. The van der Waals surface area contributed by atoms with Crippen LogP contribution >= 0.6 is 0 Å². The third-order valence-electron chi connectivity index (χ3n) is 2.64. The lowest BCUT2D eigenvalue weighted by atomic mass is 9.78. The Morgan fingerprint density at radius 2 is 1.80 bits per heavy atom. The van der Waals surface area contributed by atoms with Crippen LogP contribution in [0, 0.1) is 11.8 Å². The van der Waals surface area contributed by atoms with Crippen molar-refractivity contribution >= 4 is 0 Å². The minimum absolute atomic E-state index is 0.161. The van der Waals surface area contributed by atoms with Gasteiger partial charge >= 0.3 is 0 Å². The van der Waals surface area contributed by atoms with Gasteiger partial charge in [-0.1, -0.05) is 13.8 Å². The highest BCUT2D eigenvalue weighted by Crippen LogP contribution is 2.27. The third-order valence-corrected chi connectivity index (χ3v) is 2.64. The second kappa shape index (κ2) is 2.89. The van der Waals surface area contributed by atoms with Gasteiger partial charge < -0.3 is 10.8 Å². The van der Waals surface area contributed by atoms with Crippen LogP contribution in [0.25, 0.3) is 0 Å². The Labute approximate surface area is 62.4 Å². The molecule has 0 radical (unpaired) electrons. The zero-order valence-electron chi connectivity index (χ0n) is 6.75. The second-order valence-corrected chi connectivity index (χ2v) is 3.66. The van der Waals surface area contributed by atoms with E-state index in [1.54, 1.807) is 0 Å². The SMILES string of the molecule is CC1CC(C)C(O)CC1N. The van der Waals surface area contributed by atoms with Crippen LogP contribution in [0.3, 0.4) is 0 Å². The van der Waals surface area contributed by atoms with Gasteiger partial charge in [-0.25, -0.2) is 0 Å². The fourth-order valence-corrected chi connectivity index (χ4v) is 1.66. The minimum atomic E-state index is -0.161. The van der Waals surface area contributed by atoms with Gasteiger partial charge in [0.1, 0.15) is 0 Å². The topological polar surface area (TPSA) is 46.2 Å². The van der Waals surface area contributed by atoms with E-state index in [2.05, 4.69) is 13.8 Å². The zero-order chi connectivity index (χ0) is 7.72. The van der Waals surface area contributed by atoms with Gasteiger partial charge in [0.25, 0.3) is 0 Å². The van der Waals surface area contributed by atoms with Crippen molar-refractivity contribution in [3.05, 3.63) is 0 Å². The van der Waals surface area contributed by atoms with Crippen LogP contribution in [0.5, 0.6) is 0 Å². The van der Waals surface area contributed by atoms with E-state index in [1.807, 2.05) is 0 Å². The Kier molecular flexibility index (Phi) is 2.32. The minimum Gasteiger partial charge on any atom is -0.393 e. The quantitative estimate of drug-likeness (QED) is 0.525.